The van der Waals surface area contributed by atoms with Crippen LogP contribution in [0.15, 0.2) is 34.9 Å². The maximum Gasteiger partial charge on any atom is 0.416 e. The average Bonchev–Trinajstić information content (AvgIpc) is 2.01. The Labute approximate surface area is 82.8 Å². The van der Waals surface area contributed by atoms with Gasteiger partial charge in [-0.1, -0.05) is 23.3 Å². The smallest absolute Gasteiger partial charge is 0.166 e. The molecule has 0 aliphatic heterocycles. The van der Waals surface area contributed by atoms with E-state index in [1.807, 2.05) is 0 Å². The Balaban J connectivity index is 4.94. The first-order chi connectivity index (χ1) is 6.29. The molecule has 3 heteroatoms. The number of rotatable bonds is 2. The summed E-state index contributed by atoms with van der Waals surface area (Å²) in [6, 6.07) is 0. The highest BCUT2D eigenvalue weighted by atomic mass is 19.4. The highest BCUT2D eigenvalue weighted by Gasteiger charge is 2.32. The second-order valence-corrected chi connectivity index (χ2v) is 3.28. The summed E-state index contributed by atoms with van der Waals surface area (Å²) in [5.74, 6) is 0. The van der Waals surface area contributed by atoms with Gasteiger partial charge in [0.05, 0.1) is 5.57 Å². The SMILES string of the molecule is C/C=C(C)\C=C/C(=C(C)C)C(F)(F)F. The van der Waals surface area contributed by atoms with Crippen LogP contribution in [0.4, 0.5) is 13.2 Å². The van der Waals surface area contributed by atoms with Gasteiger partial charge in [0.1, 0.15) is 0 Å². The number of alkyl halides is 3. The molecule has 0 saturated carbocycles. The van der Waals surface area contributed by atoms with Gasteiger partial charge in [0, 0.05) is 0 Å². The van der Waals surface area contributed by atoms with E-state index >= 15 is 0 Å². The van der Waals surface area contributed by atoms with E-state index in [4.69, 9.17) is 0 Å². The van der Waals surface area contributed by atoms with Crippen molar-refractivity contribution in [2.24, 2.45) is 0 Å². The number of hydrogen-bond acceptors (Lipinski definition) is 0. The molecular weight excluding hydrogens is 189 g/mol. The van der Waals surface area contributed by atoms with E-state index in [1.165, 1.54) is 19.9 Å². The normalized spacial score (nSPS) is 13.5. The van der Waals surface area contributed by atoms with Gasteiger partial charge in [0.15, 0.2) is 0 Å². The zero-order chi connectivity index (χ0) is 11.4. The summed E-state index contributed by atoms with van der Waals surface area (Å²) >= 11 is 0. The van der Waals surface area contributed by atoms with Crippen LogP contribution in [0.2, 0.25) is 0 Å². The van der Waals surface area contributed by atoms with Crippen molar-refractivity contribution in [1.82, 2.24) is 0 Å². The Morgan fingerprint density at radius 2 is 1.50 bits per heavy atom. The zero-order valence-corrected chi connectivity index (χ0v) is 8.87. The van der Waals surface area contributed by atoms with Crippen molar-refractivity contribution in [2.75, 3.05) is 0 Å². The maximum atomic E-state index is 12.4. The van der Waals surface area contributed by atoms with Crippen molar-refractivity contribution in [3.63, 3.8) is 0 Å². The molecule has 0 aliphatic rings. The summed E-state index contributed by atoms with van der Waals surface area (Å²) in [6.07, 6.45) is 0.0827. The van der Waals surface area contributed by atoms with Crippen molar-refractivity contribution in [2.45, 2.75) is 33.9 Å². The summed E-state index contributed by atoms with van der Waals surface area (Å²) in [4.78, 5) is 0. The first kappa shape index (κ1) is 13.0. The quantitative estimate of drug-likeness (QED) is 0.584. The molecule has 0 saturated heterocycles. The third kappa shape index (κ3) is 4.30. The van der Waals surface area contributed by atoms with Crippen LogP contribution in [0.25, 0.3) is 0 Å². The van der Waals surface area contributed by atoms with Crippen LogP contribution in [0, 0.1) is 0 Å². The third-order valence-corrected chi connectivity index (χ3v) is 1.81. The van der Waals surface area contributed by atoms with Gasteiger partial charge in [-0.25, -0.2) is 0 Å². The molecule has 0 aromatic carbocycles. The van der Waals surface area contributed by atoms with E-state index in [0.29, 0.717) is 0 Å². The molecule has 0 unspecified atom stereocenters. The lowest BCUT2D eigenvalue weighted by Crippen LogP contribution is -2.11. The molecule has 0 spiro atoms. The van der Waals surface area contributed by atoms with Crippen LogP contribution in [0.1, 0.15) is 27.7 Å². The van der Waals surface area contributed by atoms with E-state index in [9.17, 15) is 13.2 Å². The lowest BCUT2D eigenvalue weighted by molar-refractivity contribution is -0.0889. The Bertz CT molecular complexity index is 273. The van der Waals surface area contributed by atoms with E-state index in [1.54, 1.807) is 19.9 Å². The van der Waals surface area contributed by atoms with Gasteiger partial charge >= 0.3 is 6.18 Å². The summed E-state index contributed by atoms with van der Waals surface area (Å²) in [5.41, 5.74) is 0.518. The van der Waals surface area contributed by atoms with Crippen molar-refractivity contribution < 1.29 is 13.2 Å². The van der Waals surface area contributed by atoms with Crippen molar-refractivity contribution >= 4 is 0 Å². The van der Waals surface area contributed by atoms with E-state index in [2.05, 4.69) is 0 Å². The van der Waals surface area contributed by atoms with Crippen LogP contribution in [0.5, 0.6) is 0 Å². The second-order valence-electron chi connectivity index (χ2n) is 3.28. The molecule has 0 N–H and O–H groups in total. The lowest BCUT2D eigenvalue weighted by Gasteiger charge is -2.09. The van der Waals surface area contributed by atoms with Gasteiger partial charge < -0.3 is 0 Å². The standard InChI is InChI=1S/C11H15F3/c1-5-9(4)6-7-10(8(2)3)11(12,13)14/h5-7H,1-4H3/b7-6-,9-5-. The van der Waals surface area contributed by atoms with E-state index in [0.717, 1.165) is 11.6 Å². The molecule has 0 atom stereocenters. The predicted octanol–water partition coefficient (Wildman–Crippen LogP) is 4.41. The first-order valence-electron chi connectivity index (χ1n) is 4.34. The summed E-state index contributed by atoms with van der Waals surface area (Å²) in [6.45, 7) is 6.46. The van der Waals surface area contributed by atoms with Crippen LogP contribution >= 0.6 is 0 Å². The summed E-state index contributed by atoms with van der Waals surface area (Å²) < 4.78 is 37.2. The third-order valence-electron chi connectivity index (χ3n) is 1.81. The van der Waals surface area contributed by atoms with Crippen LogP contribution in [-0.2, 0) is 0 Å². The molecule has 0 aliphatic carbocycles. The van der Waals surface area contributed by atoms with Gasteiger partial charge in [-0.2, -0.15) is 13.2 Å². The van der Waals surface area contributed by atoms with Crippen LogP contribution in [0.3, 0.4) is 0 Å². The molecule has 0 aromatic rings. The van der Waals surface area contributed by atoms with Crippen molar-refractivity contribution in [3.05, 3.63) is 34.9 Å². The minimum Gasteiger partial charge on any atom is -0.166 e. The number of halogens is 3. The fraction of sp³-hybridized carbons (Fsp3) is 0.455. The first-order valence-corrected chi connectivity index (χ1v) is 4.34. The Hall–Kier alpha value is -0.990. The zero-order valence-electron chi connectivity index (χ0n) is 8.87. The number of allylic oxidation sites excluding steroid dienone is 6. The topological polar surface area (TPSA) is 0 Å². The summed E-state index contributed by atoms with van der Waals surface area (Å²) in [5, 5.41) is 0. The largest absolute Gasteiger partial charge is 0.416 e. The molecule has 0 amide bonds. The number of hydrogen-bond donors (Lipinski definition) is 0. The Kier molecular flexibility index (Phi) is 4.68. The highest BCUT2D eigenvalue weighted by molar-refractivity contribution is 5.32. The lowest BCUT2D eigenvalue weighted by atomic mass is 10.1. The van der Waals surface area contributed by atoms with Crippen LogP contribution < -0.4 is 0 Å². The molecule has 14 heavy (non-hydrogen) atoms. The Morgan fingerprint density at radius 1 is 1.00 bits per heavy atom. The van der Waals surface area contributed by atoms with Gasteiger partial charge in [0.25, 0.3) is 0 Å². The monoisotopic (exact) mass is 204 g/mol. The molecular formula is C11H15F3. The molecule has 80 valence electrons. The average molecular weight is 204 g/mol. The minimum atomic E-state index is -4.26. The second kappa shape index (κ2) is 5.03. The minimum absolute atomic E-state index is 0.276. The van der Waals surface area contributed by atoms with Gasteiger partial charge in [0.2, 0.25) is 0 Å². The van der Waals surface area contributed by atoms with Crippen molar-refractivity contribution in [3.8, 4) is 0 Å². The van der Waals surface area contributed by atoms with Gasteiger partial charge in [-0.05, 0) is 33.8 Å². The highest BCUT2D eigenvalue weighted by Crippen LogP contribution is 2.29. The fourth-order valence-corrected chi connectivity index (χ4v) is 0.856. The summed E-state index contributed by atoms with van der Waals surface area (Å²) in [7, 11) is 0. The molecule has 0 heterocycles. The molecule has 0 aromatic heterocycles. The van der Waals surface area contributed by atoms with Crippen molar-refractivity contribution in [1.29, 1.82) is 0 Å². The molecule has 0 radical (unpaired) electrons. The Morgan fingerprint density at radius 3 is 1.79 bits per heavy atom. The predicted molar refractivity (Wildman–Crippen MR) is 53.0 cm³/mol. The van der Waals surface area contributed by atoms with E-state index in [-0.39, 0.29) is 5.57 Å². The maximum absolute atomic E-state index is 12.4. The van der Waals surface area contributed by atoms with E-state index < -0.39 is 11.7 Å². The molecule has 0 bridgehead atoms. The van der Waals surface area contributed by atoms with Gasteiger partial charge in [-0.15, -0.1) is 0 Å². The molecule has 0 rings (SSSR count). The fourth-order valence-electron chi connectivity index (χ4n) is 0.856. The molecule has 0 fully saturated rings. The van der Waals surface area contributed by atoms with Crippen LogP contribution in [-0.4, -0.2) is 6.18 Å². The molecule has 0 nitrogen and oxygen atoms in total. The van der Waals surface area contributed by atoms with Gasteiger partial charge in [-0.3, -0.25) is 0 Å².